The summed E-state index contributed by atoms with van der Waals surface area (Å²) in [7, 11) is 0. The number of carbonyl (C=O) groups is 1. The molecule has 0 radical (unpaired) electrons. The molecule has 0 aromatic rings. The fourth-order valence-electron chi connectivity index (χ4n) is 5.66. The molecule has 6 atom stereocenters. The summed E-state index contributed by atoms with van der Waals surface area (Å²) in [6.07, 6.45) is 22.8. The number of carbonyl (C=O) groups excluding carboxylic acids is 1. The maximum atomic E-state index is 12.5. The van der Waals surface area contributed by atoms with Crippen molar-refractivity contribution in [3.05, 3.63) is 12.2 Å². The highest BCUT2D eigenvalue weighted by Crippen LogP contribution is 2.22. The highest BCUT2D eigenvalue weighted by molar-refractivity contribution is 5.69. The fraction of sp³-hybridized carbons (Fsp3) is 0.919. The fourth-order valence-corrected chi connectivity index (χ4v) is 5.66. The van der Waals surface area contributed by atoms with Gasteiger partial charge in [0.2, 0.25) is 0 Å². The molecule has 9 heteroatoms. The first-order chi connectivity index (χ1) is 22.4. The number of ether oxygens (including phenoxy) is 4. The van der Waals surface area contributed by atoms with Crippen LogP contribution in [0.3, 0.4) is 0 Å². The molecule has 0 saturated carbocycles. The van der Waals surface area contributed by atoms with E-state index in [1.807, 2.05) is 0 Å². The maximum Gasteiger partial charge on any atom is 0.306 e. The molecule has 1 aliphatic rings. The quantitative estimate of drug-likeness (QED) is 0.0356. The molecule has 0 aromatic carbocycles. The van der Waals surface area contributed by atoms with Crippen molar-refractivity contribution in [1.82, 2.24) is 0 Å². The van der Waals surface area contributed by atoms with Crippen LogP contribution >= 0.6 is 0 Å². The van der Waals surface area contributed by atoms with Crippen LogP contribution in [0.25, 0.3) is 0 Å². The number of aliphatic hydroxyl groups excluding tert-OH is 4. The van der Waals surface area contributed by atoms with Crippen molar-refractivity contribution in [3.8, 4) is 0 Å². The molecule has 46 heavy (non-hydrogen) atoms. The van der Waals surface area contributed by atoms with Gasteiger partial charge in [0.05, 0.1) is 19.8 Å². The second kappa shape index (κ2) is 30.0. The van der Waals surface area contributed by atoms with Crippen LogP contribution in [0.15, 0.2) is 12.2 Å². The van der Waals surface area contributed by atoms with Crippen molar-refractivity contribution >= 4 is 5.97 Å². The molecule has 1 fully saturated rings. The largest absolute Gasteiger partial charge is 0.457 e. The summed E-state index contributed by atoms with van der Waals surface area (Å²) in [5, 5.41) is 39.7. The van der Waals surface area contributed by atoms with E-state index in [9.17, 15) is 25.2 Å². The normalized spacial score (nSPS) is 22.4. The molecule has 1 saturated heterocycles. The third-order valence-corrected chi connectivity index (χ3v) is 8.68. The molecule has 1 aliphatic heterocycles. The molecule has 4 N–H and O–H groups in total. The van der Waals surface area contributed by atoms with Crippen LogP contribution in [0.2, 0.25) is 0 Å². The summed E-state index contributed by atoms with van der Waals surface area (Å²) in [5.74, 6) is -0.327. The van der Waals surface area contributed by atoms with Gasteiger partial charge >= 0.3 is 5.97 Å². The minimum atomic E-state index is -1.53. The molecule has 9 nitrogen and oxygen atoms in total. The SMILES string of the molecule is CCCCCCCC/C=C\CCCCCCCCCCOCC(COC1OC(CO)C(O)C(O)C1O)OC(=O)CCCCCCC. The Morgan fingerprint density at radius 3 is 1.76 bits per heavy atom. The first-order valence-electron chi connectivity index (χ1n) is 18.8. The Morgan fingerprint density at radius 2 is 1.20 bits per heavy atom. The van der Waals surface area contributed by atoms with Crippen LogP contribution in [0.4, 0.5) is 0 Å². The highest BCUT2D eigenvalue weighted by atomic mass is 16.7. The van der Waals surface area contributed by atoms with Crippen molar-refractivity contribution < 1.29 is 44.2 Å². The highest BCUT2D eigenvalue weighted by Gasteiger charge is 2.44. The summed E-state index contributed by atoms with van der Waals surface area (Å²) in [6.45, 7) is 4.45. The zero-order valence-corrected chi connectivity index (χ0v) is 29.3. The number of allylic oxidation sites excluding steroid dienone is 2. The van der Waals surface area contributed by atoms with E-state index in [1.165, 1.54) is 89.9 Å². The second-order valence-corrected chi connectivity index (χ2v) is 13.0. The first-order valence-corrected chi connectivity index (χ1v) is 18.8. The lowest BCUT2D eigenvalue weighted by Gasteiger charge is -2.39. The van der Waals surface area contributed by atoms with E-state index in [4.69, 9.17) is 18.9 Å². The van der Waals surface area contributed by atoms with Crippen molar-refractivity contribution in [3.63, 3.8) is 0 Å². The van der Waals surface area contributed by atoms with Crippen LogP contribution < -0.4 is 0 Å². The number of unbranched alkanes of at least 4 members (excludes halogenated alkanes) is 18. The predicted molar refractivity (Wildman–Crippen MR) is 182 cm³/mol. The Bertz CT molecular complexity index is 717. The summed E-state index contributed by atoms with van der Waals surface area (Å²) in [4.78, 5) is 12.5. The van der Waals surface area contributed by atoms with Gasteiger partial charge in [-0.3, -0.25) is 4.79 Å². The van der Waals surface area contributed by atoms with E-state index in [1.54, 1.807) is 0 Å². The number of esters is 1. The van der Waals surface area contributed by atoms with Gasteiger partial charge in [-0.25, -0.2) is 0 Å². The Morgan fingerprint density at radius 1 is 0.674 bits per heavy atom. The van der Waals surface area contributed by atoms with Gasteiger partial charge in [0.1, 0.15) is 30.5 Å². The van der Waals surface area contributed by atoms with E-state index >= 15 is 0 Å². The number of hydrogen-bond donors (Lipinski definition) is 4. The average Bonchev–Trinajstić information content (AvgIpc) is 3.05. The topological polar surface area (TPSA) is 135 Å². The molecule has 0 spiro atoms. The Kier molecular flexibility index (Phi) is 28.0. The number of aliphatic hydroxyl groups is 4. The number of hydrogen-bond acceptors (Lipinski definition) is 9. The minimum Gasteiger partial charge on any atom is -0.457 e. The summed E-state index contributed by atoms with van der Waals surface area (Å²) >= 11 is 0. The maximum absolute atomic E-state index is 12.5. The van der Waals surface area contributed by atoms with Crippen LogP contribution in [-0.2, 0) is 23.7 Å². The molecule has 0 aliphatic carbocycles. The van der Waals surface area contributed by atoms with Crippen LogP contribution in [0.5, 0.6) is 0 Å². The van der Waals surface area contributed by atoms with Gasteiger partial charge in [-0.1, -0.05) is 122 Å². The van der Waals surface area contributed by atoms with Gasteiger partial charge in [-0.05, 0) is 38.5 Å². The molecule has 0 bridgehead atoms. The molecule has 272 valence electrons. The first kappa shape index (κ1) is 43.0. The molecule has 1 heterocycles. The monoisotopic (exact) mass is 659 g/mol. The molecule has 0 amide bonds. The molecular formula is C37H70O9. The van der Waals surface area contributed by atoms with Crippen LogP contribution in [0, 0.1) is 0 Å². The predicted octanol–water partition coefficient (Wildman–Crippen LogP) is 6.91. The Hall–Kier alpha value is -1.07. The molecule has 1 rings (SSSR count). The third-order valence-electron chi connectivity index (χ3n) is 8.68. The van der Waals surface area contributed by atoms with E-state index < -0.39 is 43.4 Å². The Labute approximate surface area is 280 Å². The molecule has 0 aromatic heterocycles. The van der Waals surface area contributed by atoms with Crippen molar-refractivity contribution in [1.29, 1.82) is 0 Å². The Balaban J connectivity index is 2.21. The van der Waals surface area contributed by atoms with Gasteiger partial charge in [0.15, 0.2) is 6.29 Å². The summed E-state index contributed by atoms with van der Waals surface area (Å²) < 4.78 is 22.5. The van der Waals surface area contributed by atoms with Crippen molar-refractivity contribution in [2.75, 3.05) is 26.4 Å². The third kappa shape index (κ3) is 21.7. The van der Waals surface area contributed by atoms with Crippen LogP contribution in [0.1, 0.15) is 155 Å². The van der Waals surface area contributed by atoms with Gasteiger partial charge in [-0.15, -0.1) is 0 Å². The minimum absolute atomic E-state index is 0.112. The second-order valence-electron chi connectivity index (χ2n) is 13.0. The van der Waals surface area contributed by atoms with Crippen molar-refractivity contribution in [2.45, 2.75) is 192 Å². The van der Waals surface area contributed by atoms with Gasteiger partial charge in [0, 0.05) is 13.0 Å². The van der Waals surface area contributed by atoms with E-state index in [0.29, 0.717) is 13.0 Å². The lowest BCUT2D eigenvalue weighted by atomic mass is 9.99. The summed E-state index contributed by atoms with van der Waals surface area (Å²) in [5.41, 5.74) is 0. The van der Waals surface area contributed by atoms with E-state index in [2.05, 4.69) is 26.0 Å². The average molecular weight is 659 g/mol. The smallest absolute Gasteiger partial charge is 0.306 e. The summed E-state index contributed by atoms with van der Waals surface area (Å²) in [6, 6.07) is 0. The lowest BCUT2D eigenvalue weighted by molar-refractivity contribution is -0.305. The van der Waals surface area contributed by atoms with E-state index in [-0.39, 0.29) is 19.2 Å². The zero-order chi connectivity index (χ0) is 33.7. The van der Waals surface area contributed by atoms with Gasteiger partial charge in [-0.2, -0.15) is 0 Å². The standard InChI is InChI=1S/C37H70O9/c1-3-5-7-9-10-11-12-13-14-15-16-17-18-19-20-21-23-25-27-43-29-31(45-33(39)26-24-22-8-6-4-2)30-44-37-36(42)35(41)34(40)32(28-38)46-37/h13-14,31-32,34-38,40-42H,3-12,15-30H2,1-2H3/b14-13-. The van der Waals surface area contributed by atoms with Gasteiger partial charge < -0.3 is 39.4 Å². The number of rotatable bonds is 31. The van der Waals surface area contributed by atoms with Gasteiger partial charge in [0.25, 0.3) is 0 Å². The van der Waals surface area contributed by atoms with E-state index in [0.717, 1.165) is 44.9 Å². The van der Waals surface area contributed by atoms with Crippen LogP contribution in [-0.4, -0.2) is 89.6 Å². The molecular weight excluding hydrogens is 588 g/mol. The lowest BCUT2D eigenvalue weighted by Crippen LogP contribution is -2.59. The zero-order valence-electron chi connectivity index (χ0n) is 29.3. The molecule has 6 unspecified atom stereocenters. The van der Waals surface area contributed by atoms with Crippen molar-refractivity contribution in [2.24, 2.45) is 0 Å².